The molecule has 20 heavy (non-hydrogen) atoms. The molecule has 1 aliphatic heterocycles. The number of nitrogens with zero attached hydrogens (tertiary/aromatic N) is 1. The fraction of sp³-hybridized carbons (Fsp3) is 0.588. The molecule has 1 aliphatic carbocycles. The molecule has 2 fully saturated rings. The number of carbonyl (C=O) groups is 1. The average molecular weight is 273 g/mol. The van der Waals surface area contributed by atoms with Crippen molar-refractivity contribution in [3.05, 3.63) is 35.4 Å². The van der Waals surface area contributed by atoms with Gasteiger partial charge >= 0.3 is 5.97 Å². The number of carboxylic acid groups (broad SMARTS) is 1. The van der Waals surface area contributed by atoms with Gasteiger partial charge in [-0.1, -0.05) is 25.0 Å². The minimum atomic E-state index is -0.832. The van der Waals surface area contributed by atoms with Crippen molar-refractivity contribution < 1.29 is 9.90 Å². The maximum absolute atomic E-state index is 11.1. The third-order valence-electron chi connectivity index (χ3n) is 4.92. The normalized spacial score (nSPS) is 27.0. The molecule has 3 rings (SSSR count). The lowest BCUT2D eigenvalue weighted by molar-refractivity contribution is 0.0546. The molecule has 1 heterocycles. The number of hydrogen-bond donors (Lipinski definition) is 1. The van der Waals surface area contributed by atoms with Crippen LogP contribution in [0.2, 0.25) is 0 Å². The van der Waals surface area contributed by atoms with Gasteiger partial charge in [-0.05, 0) is 55.8 Å². The number of piperidine rings is 1. The second-order valence-corrected chi connectivity index (χ2v) is 6.23. The van der Waals surface area contributed by atoms with Crippen LogP contribution in [0.5, 0.6) is 0 Å². The quantitative estimate of drug-likeness (QED) is 0.915. The Morgan fingerprint density at radius 2 is 2.00 bits per heavy atom. The molecule has 0 spiro atoms. The molecule has 3 heteroatoms. The Kier molecular flexibility index (Phi) is 4.06. The molecule has 0 aromatic heterocycles. The highest BCUT2D eigenvalue weighted by atomic mass is 16.4. The smallest absolute Gasteiger partial charge is 0.335 e. The van der Waals surface area contributed by atoms with Crippen LogP contribution < -0.4 is 0 Å². The van der Waals surface area contributed by atoms with Crippen LogP contribution in [0.15, 0.2) is 24.3 Å². The zero-order valence-electron chi connectivity index (χ0n) is 11.9. The van der Waals surface area contributed by atoms with Crippen molar-refractivity contribution >= 4 is 5.97 Å². The molecule has 2 aliphatic rings. The van der Waals surface area contributed by atoms with Crippen LogP contribution in [-0.4, -0.2) is 28.6 Å². The van der Waals surface area contributed by atoms with Crippen molar-refractivity contribution in [1.29, 1.82) is 0 Å². The van der Waals surface area contributed by atoms with E-state index in [9.17, 15) is 4.79 Å². The SMILES string of the molecule is O=C(O)c1cccc(CN2CCC[C@H]3CCCC[C@H]32)c1. The van der Waals surface area contributed by atoms with E-state index in [2.05, 4.69) is 11.0 Å². The lowest BCUT2D eigenvalue weighted by Gasteiger charge is -2.44. The molecule has 1 saturated carbocycles. The second kappa shape index (κ2) is 5.96. The first-order valence-corrected chi connectivity index (χ1v) is 7.80. The number of fused-ring (bicyclic) bond motifs is 1. The Bertz CT molecular complexity index is 484. The van der Waals surface area contributed by atoms with Gasteiger partial charge in [-0.15, -0.1) is 0 Å². The summed E-state index contributed by atoms with van der Waals surface area (Å²) in [5.41, 5.74) is 1.54. The number of likely N-dealkylation sites (tertiary alicyclic amines) is 1. The molecular weight excluding hydrogens is 250 g/mol. The Hall–Kier alpha value is -1.35. The molecule has 2 atom stereocenters. The van der Waals surface area contributed by atoms with E-state index in [4.69, 9.17) is 5.11 Å². The third-order valence-corrected chi connectivity index (χ3v) is 4.92. The van der Waals surface area contributed by atoms with Gasteiger partial charge in [0.05, 0.1) is 5.56 Å². The number of aromatic carboxylic acids is 1. The van der Waals surface area contributed by atoms with Gasteiger partial charge in [0.25, 0.3) is 0 Å². The van der Waals surface area contributed by atoms with E-state index in [0.29, 0.717) is 5.56 Å². The predicted octanol–water partition coefficient (Wildman–Crippen LogP) is 3.54. The van der Waals surface area contributed by atoms with Gasteiger partial charge in [0, 0.05) is 12.6 Å². The molecule has 1 aromatic carbocycles. The van der Waals surface area contributed by atoms with E-state index in [-0.39, 0.29) is 0 Å². The molecular formula is C17H23NO2. The summed E-state index contributed by atoms with van der Waals surface area (Å²) in [5.74, 6) is 0.0428. The Labute approximate surface area is 120 Å². The van der Waals surface area contributed by atoms with Crippen molar-refractivity contribution in [1.82, 2.24) is 4.90 Å². The van der Waals surface area contributed by atoms with Crippen molar-refractivity contribution in [2.24, 2.45) is 5.92 Å². The van der Waals surface area contributed by atoms with E-state index in [1.54, 1.807) is 6.07 Å². The van der Waals surface area contributed by atoms with Gasteiger partial charge in [-0.25, -0.2) is 4.79 Å². The van der Waals surface area contributed by atoms with E-state index < -0.39 is 5.97 Å². The van der Waals surface area contributed by atoms with Gasteiger partial charge < -0.3 is 5.11 Å². The third kappa shape index (κ3) is 2.88. The van der Waals surface area contributed by atoms with Crippen molar-refractivity contribution in [3.8, 4) is 0 Å². The summed E-state index contributed by atoms with van der Waals surface area (Å²) < 4.78 is 0. The molecule has 1 aromatic rings. The Balaban J connectivity index is 1.72. The zero-order valence-corrected chi connectivity index (χ0v) is 11.9. The standard InChI is InChI=1S/C17H23NO2/c19-17(20)15-7-3-5-13(11-15)12-18-10-4-8-14-6-1-2-9-16(14)18/h3,5,7,11,14,16H,1-2,4,6,8-10,12H2,(H,19,20)/t14-,16-/m1/s1. The highest BCUT2D eigenvalue weighted by molar-refractivity contribution is 5.87. The summed E-state index contributed by atoms with van der Waals surface area (Å²) in [4.78, 5) is 13.7. The molecule has 0 radical (unpaired) electrons. The van der Waals surface area contributed by atoms with Crippen molar-refractivity contribution in [2.45, 2.75) is 51.1 Å². The summed E-state index contributed by atoms with van der Waals surface area (Å²) in [6, 6.07) is 8.14. The van der Waals surface area contributed by atoms with Crippen molar-refractivity contribution in [2.75, 3.05) is 6.54 Å². The van der Waals surface area contributed by atoms with E-state index in [1.165, 1.54) is 45.1 Å². The van der Waals surface area contributed by atoms with Crippen LogP contribution >= 0.6 is 0 Å². The van der Waals surface area contributed by atoms with Crippen LogP contribution in [0.4, 0.5) is 0 Å². The zero-order chi connectivity index (χ0) is 13.9. The first-order valence-electron chi connectivity index (χ1n) is 7.80. The average Bonchev–Trinajstić information content (AvgIpc) is 2.48. The second-order valence-electron chi connectivity index (χ2n) is 6.23. The van der Waals surface area contributed by atoms with Crippen LogP contribution in [0.3, 0.4) is 0 Å². The number of benzene rings is 1. The lowest BCUT2D eigenvalue weighted by atomic mass is 9.78. The van der Waals surface area contributed by atoms with Gasteiger partial charge in [-0.2, -0.15) is 0 Å². The largest absolute Gasteiger partial charge is 0.478 e. The molecule has 1 N–H and O–H groups in total. The summed E-state index contributed by atoms with van der Waals surface area (Å²) in [6.07, 6.45) is 8.13. The van der Waals surface area contributed by atoms with Gasteiger partial charge in [0.1, 0.15) is 0 Å². The highest BCUT2D eigenvalue weighted by Gasteiger charge is 2.32. The minimum Gasteiger partial charge on any atom is -0.478 e. The molecule has 108 valence electrons. The van der Waals surface area contributed by atoms with Crippen molar-refractivity contribution in [3.63, 3.8) is 0 Å². The molecule has 0 unspecified atom stereocenters. The van der Waals surface area contributed by atoms with Crippen LogP contribution in [0.25, 0.3) is 0 Å². The fourth-order valence-corrected chi connectivity index (χ4v) is 3.96. The van der Waals surface area contributed by atoms with Crippen LogP contribution in [0, 0.1) is 5.92 Å². The minimum absolute atomic E-state index is 0.403. The van der Waals surface area contributed by atoms with Gasteiger partial charge in [-0.3, -0.25) is 4.90 Å². The van der Waals surface area contributed by atoms with E-state index in [1.807, 2.05) is 12.1 Å². The predicted molar refractivity (Wildman–Crippen MR) is 78.8 cm³/mol. The topological polar surface area (TPSA) is 40.5 Å². The number of rotatable bonds is 3. The number of carboxylic acids is 1. The molecule has 0 bridgehead atoms. The van der Waals surface area contributed by atoms with Gasteiger partial charge in [0.2, 0.25) is 0 Å². The fourth-order valence-electron chi connectivity index (χ4n) is 3.96. The summed E-state index contributed by atoms with van der Waals surface area (Å²) in [5, 5.41) is 9.09. The summed E-state index contributed by atoms with van der Waals surface area (Å²) >= 11 is 0. The maximum Gasteiger partial charge on any atom is 0.335 e. The first kappa shape index (κ1) is 13.6. The monoisotopic (exact) mass is 273 g/mol. The van der Waals surface area contributed by atoms with Gasteiger partial charge in [0.15, 0.2) is 0 Å². The summed E-state index contributed by atoms with van der Waals surface area (Å²) in [6.45, 7) is 2.07. The van der Waals surface area contributed by atoms with Crippen LogP contribution in [0.1, 0.15) is 54.4 Å². The molecule has 1 saturated heterocycles. The Morgan fingerprint density at radius 3 is 2.85 bits per heavy atom. The molecule has 3 nitrogen and oxygen atoms in total. The molecule has 0 amide bonds. The van der Waals surface area contributed by atoms with E-state index >= 15 is 0 Å². The number of hydrogen-bond acceptors (Lipinski definition) is 2. The van der Waals surface area contributed by atoms with E-state index in [0.717, 1.165) is 24.1 Å². The first-order chi connectivity index (χ1) is 9.74. The Morgan fingerprint density at radius 1 is 1.20 bits per heavy atom. The lowest BCUT2D eigenvalue weighted by Crippen LogP contribution is -2.46. The highest BCUT2D eigenvalue weighted by Crippen LogP contribution is 2.35. The summed E-state index contributed by atoms with van der Waals surface area (Å²) in [7, 11) is 0. The van der Waals surface area contributed by atoms with Crippen LogP contribution in [-0.2, 0) is 6.54 Å². The maximum atomic E-state index is 11.1.